The first kappa shape index (κ1) is 29.8. The normalized spacial score (nSPS) is 12.0. The van der Waals surface area contributed by atoms with E-state index in [4.69, 9.17) is 34.8 Å². The second-order valence-electron chi connectivity index (χ2n) is 8.56. The van der Waals surface area contributed by atoms with E-state index in [-0.39, 0.29) is 23.0 Å². The predicted molar refractivity (Wildman–Crippen MR) is 152 cm³/mol. The lowest BCUT2D eigenvalue weighted by atomic mass is 10.1. The van der Waals surface area contributed by atoms with Crippen LogP contribution < -0.4 is 9.62 Å². The first-order valence-corrected chi connectivity index (χ1v) is 14.5. The summed E-state index contributed by atoms with van der Waals surface area (Å²) in [5, 5.41) is 3.94. The summed E-state index contributed by atoms with van der Waals surface area (Å²) in [4.78, 5) is 28.0. The van der Waals surface area contributed by atoms with Gasteiger partial charge in [0.05, 0.1) is 10.6 Å². The summed E-state index contributed by atoms with van der Waals surface area (Å²) >= 11 is 18.3. The minimum absolute atomic E-state index is 0.0461. The highest BCUT2D eigenvalue weighted by atomic mass is 35.5. The topological polar surface area (TPSA) is 86.8 Å². The van der Waals surface area contributed by atoms with Crippen molar-refractivity contribution in [1.82, 2.24) is 10.2 Å². The van der Waals surface area contributed by atoms with E-state index < -0.39 is 28.5 Å². The van der Waals surface area contributed by atoms with Gasteiger partial charge in [-0.05, 0) is 73.5 Å². The van der Waals surface area contributed by atoms with Crippen molar-refractivity contribution >= 4 is 62.3 Å². The van der Waals surface area contributed by atoms with Gasteiger partial charge in [0.15, 0.2) is 0 Å². The third-order valence-electron chi connectivity index (χ3n) is 5.74. The van der Waals surface area contributed by atoms with E-state index in [0.717, 1.165) is 10.7 Å². The maximum absolute atomic E-state index is 13.8. The van der Waals surface area contributed by atoms with Gasteiger partial charge in [-0.2, -0.15) is 0 Å². The number of anilines is 1. The summed E-state index contributed by atoms with van der Waals surface area (Å²) in [6.45, 7) is 3.44. The van der Waals surface area contributed by atoms with Crippen molar-refractivity contribution in [3.8, 4) is 0 Å². The molecule has 3 aromatic rings. The third kappa shape index (κ3) is 7.63. The second kappa shape index (κ2) is 13.3. The van der Waals surface area contributed by atoms with E-state index in [2.05, 4.69) is 5.32 Å². The quantitative estimate of drug-likeness (QED) is 0.304. The molecule has 0 saturated carbocycles. The Kier molecular flexibility index (Phi) is 10.4. The van der Waals surface area contributed by atoms with Crippen molar-refractivity contribution in [1.29, 1.82) is 0 Å². The van der Waals surface area contributed by atoms with Crippen molar-refractivity contribution in [3.05, 3.63) is 93.4 Å². The SMILES string of the molecule is CCCNC(=O)[C@H](C)N(Cc1cccc(Cl)c1)C(=O)CN(c1cccc(Cl)c1)S(=O)(=O)c1ccc(Cl)cc1. The van der Waals surface area contributed by atoms with Crippen molar-refractivity contribution in [2.24, 2.45) is 0 Å². The Morgan fingerprint density at radius 3 is 2.13 bits per heavy atom. The molecule has 11 heteroatoms. The molecular weight excluding hydrogens is 569 g/mol. The molecule has 2 amide bonds. The number of nitrogens with one attached hydrogen (secondary N) is 1. The Labute approximate surface area is 238 Å². The maximum Gasteiger partial charge on any atom is 0.264 e. The average molecular weight is 597 g/mol. The fourth-order valence-corrected chi connectivity index (χ4v) is 5.63. The minimum atomic E-state index is -4.21. The summed E-state index contributed by atoms with van der Waals surface area (Å²) in [5.41, 5.74) is 0.891. The first-order chi connectivity index (χ1) is 18.0. The zero-order valence-electron chi connectivity index (χ0n) is 20.9. The molecule has 7 nitrogen and oxygen atoms in total. The third-order valence-corrected chi connectivity index (χ3v) is 8.25. The highest BCUT2D eigenvalue weighted by Crippen LogP contribution is 2.27. The van der Waals surface area contributed by atoms with E-state index in [1.165, 1.54) is 35.2 Å². The molecule has 0 radical (unpaired) electrons. The van der Waals surface area contributed by atoms with Gasteiger partial charge in [0, 0.05) is 28.2 Å². The van der Waals surface area contributed by atoms with Gasteiger partial charge in [-0.1, -0.05) is 59.9 Å². The smallest absolute Gasteiger partial charge is 0.264 e. The maximum atomic E-state index is 13.8. The monoisotopic (exact) mass is 595 g/mol. The average Bonchev–Trinajstić information content (AvgIpc) is 2.88. The summed E-state index contributed by atoms with van der Waals surface area (Å²) < 4.78 is 28.4. The number of nitrogens with zero attached hydrogens (tertiary/aromatic N) is 2. The van der Waals surface area contributed by atoms with Crippen LogP contribution in [0.4, 0.5) is 5.69 Å². The summed E-state index contributed by atoms with van der Waals surface area (Å²) in [6.07, 6.45) is 0.725. The lowest BCUT2D eigenvalue weighted by Gasteiger charge is -2.32. The summed E-state index contributed by atoms with van der Waals surface area (Å²) in [5.74, 6) is -0.932. The van der Waals surface area contributed by atoms with Gasteiger partial charge in [-0.3, -0.25) is 13.9 Å². The molecule has 0 heterocycles. The molecule has 0 saturated heterocycles. The number of halogens is 3. The number of carbonyl (C=O) groups is 2. The van der Waals surface area contributed by atoms with Crippen molar-refractivity contribution < 1.29 is 18.0 Å². The van der Waals surface area contributed by atoms with Crippen molar-refractivity contribution in [2.75, 3.05) is 17.4 Å². The number of hydrogen-bond donors (Lipinski definition) is 1. The largest absolute Gasteiger partial charge is 0.354 e. The molecule has 202 valence electrons. The van der Waals surface area contributed by atoms with Crippen LogP contribution in [-0.2, 0) is 26.2 Å². The van der Waals surface area contributed by atoms with Crippen LogP contribution in [0.1, 0.15) is 25.8 Å². The zero-order chi connectivity index (χ0) is 27.9. The Morgan fingerprint density at radius 2 is 1.53 bits per heavy atom. The van der Waals surface area contributed by atoms with E-state index in [0.29, 0.717) is 27.2 Å². The molecule has 0 aliphatic carbocycles. The van der Waals surface area contributed by atoms with E-state index in [1.54, 1.807) is 49.4 Å². The molecule has 0 unspecified atom stereocenters. The Morgan fingerprint density at radius 1 is 0.895 bits per heavy atom. The van der Waals surface area contributed by atoms with Gasteiger partial charge < -0.3 is 10.2 Å². The van der Waals surface area contributed by atoms with Gasteiger partial charge in [0.2, 0.25) is 11.8 Å². The molecular formula is C27H28Cl3N3O4S. The van der Waals surface area contributed by atoms with E-state index in [9.17, 15) is 18.0 Å². The molecule has 0 bridgehead atoms. The number of hydrogen-bond acceptors (Lipinski definition) is 4. The first-order valence-electron chi connectivity index (χ1n) is 11.9. The molecule has 38 heavy (non-hydrogen) atoms. The van der Waals surface area contributed by atoms with Crippen LogP contribution in [-0.4, -0.2) is 44.3 Å². The fourth-order valence-electron chi connectivity index (χ4n) is 3.70. The van der Waals surface area contributed by atoms with Crippen LogP contribution in [0.15, 0.2) is 77.7 Å². The van der Waals surface area contributed by atoms with Crippen LogP contribution in [0.5, 0.6) is 0 Å². The number of benzene rings is 3. The van der Waals surface area contributed by atoms with Crippen LogP contribution in [0, 0.1) is 0 Å². The van der Waals surface area contributed by atoms with Crippen LogP contribution in [0.2, 0.25) is 15.1 Å². The lowest BCUT2D eigenvalue weighted by Crippen LogP contribution is -2.51. The molecule has 3 rings (SSSR count). The second-order valence-corrected chi connectivity index (χ2v) is 11.7. The molecule has 0 aliphatic heterocycles. The van der Waals surface area contributed by atoms with Crippen LogP contribution in [0.25, 0.3) is 0 Å². The Hall–Kier alpha value is -2.78. The van der Waals surface area contributed by atoms with E-state index in [1.807, 2.05) is 6.92 Å². The van der Waals surface area contributed by atoms with Crippen molar-refractivity contribution in [2.45, 2.75) is 37.8 Å². The van der Waals surface area contributed by atoms with E-state index >= 15 is 0 Å². The van der Waals surface area contributed by atoms with Gasteiger partial charge in [-0.25, -0.2) is 8.42 Å². The zero-order valence-corrected chi connectivity index (χ0v) is 24.0. The van der Waals surface area contributed by atoms with Gasteiger partial charge in [-0.15, -0.1) is 0 Å². The van der Waals surface area contributed by atoms with Crippen LogP contribution >= 0.6 is 34.8 Å². The van der Waals surface area contributed by atoms with Crippen LogP contribution in [0.3, 0.4) is 0 Å². The molecule has 0 spiro atoms. The molecule has 1 N–H and O–H groups in total. The highest BCUT2D eigenvalue weighted by Gasteiger charge is 2.32. The number of rotatable bonds is 11. The molecule has 0 aliphatic rings. The summed E-state index contributed by atoms with van der Waals surface area (Å²) in [6, 6.07) is 17.9. The Bertz CT molecular complexity index is 1380. The minimum Gasteiger partial charge on any atom is -0.354 e. The molecule has 0 aromatic heterocycles. The predicted octanol–water partition coefficient (Wildman–Crippen LogP) is 5.79. The lowest BCUT2D eigenvalue weighted by molar-refractivity contribution is -0.139. The highest BCUT2D eigenvalue weighted by molar-refractivity contribution is 7.92. The standard InChI is InChI=1S/C27H28Cl3N3O4S/c1-3-14-31-27(35)19(2)32(17-20-6-4-7-22(29)15-20)26(34)18-33(24-9-5-8-23(30)16-24)38(36,37)25-12-10-21(28)11-13-25/h4-13,15-16,19H,3,14,17-18H2,1-2H3,(H,31,35)/t19-/m0/s1. The van der Waals surface area contributed by atoms with Crippen molar-refractivity contribution in [3.63, 3.8) is 0 Å². The number of sulfonamides is 1. The number of carbonyl (C=O) groups excluding carboxylic acids is 2. The molecule has 0 fully saturated rings. The Balaban J connectivity index is 2.02. The van der Waals surface area contributed by atoms with Gasteiger partial charge in [0.25, 0.3) is 10.0 Å². The fraction of sp³-hybridized carbons (Fsp3) is 0.259. The summed E-state index contributed by atoms with van der Waals surface area (Å²) in [7, 11) is -4.21. The number of amides is 2. The van der Waals surface area contributed by atoms with Gasteiger partial charge in [0.1, 0.15) is 12.6 Å². The molecule has 1 atom stereocenters. The molecule has 3 aromatic carbocycles. The van der Waals surface area contributed by atoms with Gasteiger partial charge >= 0.3 is 0 Å².